The molecule has 4 nitrogen and oxygen atoms in total. The number of piperidine rings is 1. The predicted molar refractivity (Wildman–Crippen MR) is 70.7 cm³/mol. The van der Waals surface area contributed by atoms with E-state index in [1.54, 1.807) is 17.3 Å². The fraction of sp³-hybridized carbons (Fsp3) is 0.429. The first-order valence-corrected chi connectivity index (χ1v) is 6.59. The molecule has 0 radical (unpaired) electrons. The zero-order chi connectivity index (χ0) is 12.2. The van der Waals surface area contributed by atoms with Crippen LogP contribution in [0.5, 0.6) is 0 Å². The standard InChI is InChI=1S/C14H18N4/c1-2-8-16-13(3-1)9-12-4-6-14(7-5-12)18-11-15-10-17-18/h4-7,10-11,13,16H,1-3,8-9H2. The van der Waals surface area contributed by atoms with Gasteiger partial charge in [0.25, 0.3) is 0 Å². The van der Waals surface area contributed by atoms with E-state index in [1.165, 1.54) is 31.4 Å². The molecule has 1 N–H and O–H groups in total. The molecule has 0 amide bonds. The minimum atomic E-state index is 0.649. The molecule has 94 valence electrons. The van der Waals surface area contributed by atoms with Crippen molar-refractivity contribution in [3.05, 3.63) is 42.5 Å². The topological polar surface area (TPSA) is 42.7 Å². The van der Waals surface area contributed by atoms with Gasteiger partial charge in [0, 0.05) is 6.04 Å². The lowest BCUT2D eigenvalue weighted by atomic mass is 9.98. The summed E-state index contributed by atoms with van der Waals surface area (Å²) in [5.74, 6) is 0. The van der Waals surface area contributed by atoms with Crippen LogP contribution in [0.3, 0.4) is 0 Å². The van der Waals surface area contributed by atoms with Gasteiger partial charge in [-0.2, -0.15) is 5.10 Å². The summed E-state index contributed by atoms with van der Waals surface area (Å²) >= 11 is 0. The fourth-order valence-corrected chi connectivity index (χ4v) is 2.51. The van der Waals surface area contributed by atoms with Gasteiger partial charge in [0.15, 0.2) is 0 Å². The molecule has 2 aromatic rings. The van der Waals surface area contributed by atoms with E-state index in [0.29, 0.717) is 6.04 Å². The zero-order valence-corrected chi connectivity index (χ0v) is 10.4. The summed E-state index contributed by atoms with van der Waals surface area (Å²) in [7, 11) is 0. The average molecular weight is 242 g/mol. The van der Waals surface area contributed by atoms with Crippen molar-refractivity contribution in [2.75, 3.05) is 6.54 Å². The minimum absolute atomic E-state index is 0.649. The Hall–Kier alpha value is -1.68. The largest absolute Gasteiger partial charge is 0.314 e. The van der Waals surface area contributed by atoms with E-state index in [9.17, 15) is 0 Å². The number of benzene rings is 1. The van der Waals surface area contributed by atoms with Gasteiger partial charge in [-0.25, -0.2) is 9.67 Å². The van der Waals surface area contributed by atoms with Crippen molar-refractivity contribution >= 4 is 0 Å². The third kappa shape index (κ3) is 2.59. The molecule has 1 aromatic carbocycles. The molecule has 18 heavy (non-hydrogen) atoms. The Kier molecular flexibility index (Phi) is 3.37. The van der Waals surface area contributed by atoms with Gasteiger partial charge in [-0.3, -0.25) is 0 Å². The molecule has 1 atom stereocenters. The van der Waals surface area contributed by atoms with Crippen LogP contribution in [0, 0.1) is 0 Å². The van der Waals surface area contributed by atoms with E-state index in [2.05, 4.69) is 39.7 Å². The maximum absolute atomic E-state index is 4.13. The van der Waals surface area contributed by atoms with Gasteiger partial charge >= 0.3 is 0 Å². The Balaban J connectivity index is 1.67. The molecule has 0 saturated carbocycles. The highest BCUT2D eigenvalue weighted by Gasteiger charge is 2.12. The Labute approximate surface area is 107 Å². The molecule has 0 spiro atoms. The Morgan fingerprint density at radius 1 is 1.22 bits per heavy atom. The summed E-state index contributed by atoms with van der Waals surface area (Å²) in [5.41, 5.74) is 2.45. The summed E-state index contributed by atoms with van der Waals surface area (Å²) in [5, 5.41) is 7.71. The predicted octanol–water partition coefficient (Wildman–Crippen LogP) is 1.95. The van der Waals surface area contributed by atoms with E-state index in [4.69, 9.17) is 0 Å². The SMILES string of the molecule is c1ncn(-c2ccc(CC3CCCCN3)cc2)n1. The first-order chi connectivity index (χ1) is 8.92. The van der Waals surface area contributed by atoms with Crippen LogP contribution in [0.15, 0.2) is 36.9 Å². The molecule has 2 heterocycles. The molecule has 0 aliphatic carbocycles. The molecular weight excluding hydrogens is 224 g/mol. The van der Waals surface area contributed by atoms with E-state index in [1.807, 2.05) is 0 Å². The molecule has 1 aromatic heterocycles. The normalized spacial score (nSPS) is 19.9. The molecule has 1 aliphatic heterocycles. The molecule has 0 bridgehead atoms. The lowest BCUT2D eigenvalue weighted by Gasteiger charge is -2.23. The number of rotatable bonds is 3. The summed E-state index contributed by atoms with van der Waals surface area (Å²) in [4.78, 5) is 3.96. The van der Waals surface area contributed by atoms with Crippen molar-refractivity contribution in [2.24, 2.45) is 0 Å². The maximum atomic E-state index is 4.13. The van der Waals surface area contributed by atoms with Crippen LogP contribution in [-0.4, -0.2) is 27.4 Å². The second kappa shape index (κ2) is 5.31. The van der Waals surface area contributed by atoms with Crippen LogP contribution in [0.4, 0.5) is 0 Å². The van der Waals surface area contributed by atoms with Crippen molar-refractivity contribution in [3.63, 3.8) is 0 Å². The van der Waals surface area contributed by atoms with Gasteiger partial charge < -0.3 is 5.32 Å². The van der Waals surface area contributed by atoms with Crippen LogP contribution >= 0.6 is 0 Å². The van der Waals surface area contributed by atoms with Crippen LogP contribution in [-0.2, 0) is 6.42 Å². The van der Waals surface area contributed by atoms with E-state index < -0.39 is 0 Å². The van der Waals surface area contributed by atoms with Crippen molar-refractivity contribution in [1.29, 1.82) is 0 Å². The quantitative estimate of drug-likeness (QED) is 0.894. The van der Waals surface area contributed by atoms with Crippen molar-refractivity contribution in [2.45, 2.75) is 31.7 Å². The highest BCUT2D eigenvalue weighted by atomic mass is 15.3. The Bertz CT molecular complexity index is 469. The first-order valence-electron chi connectivity index (χ1n) is 6.59. The van der Waals surface area contributed by atoms with Crippen molar-refractivity contribution in [3.8, 4) is 5.69 Å². The van der Waals surface area contributed by atoms with Crippen LogP contribution in [0.1, 0.15) is 24.8 Å². The molecule has 1 fully saturated rings. The molecule has 1 aliphatic rings. The number of nitrogens with zero attached hydrogens (tertiary/aromatic N) is 3. The van der Waals surface area contributed by atoms with E-state index >= 15 is 0 Å². The second-order valence-electron chi connectivity index (χ2n) is 4.86. The number of hydrogen-bond acceptors (Lipinski definition) is 3. The summed E-state index contributed by atoms with van der Waals surface area (Å²) in [6, 6.07) is 9.23. The van der Waals surface area contributed by atoms with Gasteiger partial charge in [-0.1, -0.05) is 18.6 Å². The van der Waals surface area contributed by atoms with Gasteiger partial charge in [0.1, 0.15) is 12.7 Å². The van der Waals surface area contributed by atoms with Gasteiger partial charge in [-0.05, 0) is 43.5 Å². The number of hydrogen-bond donors (Lipinski definition) is 1. The summed E-state index contributed by atoms with van der Waals surface area (Å²) in [6.07, 6.45) is 8.37. The molecule has 1 saturated heterocycles. The summed E-state index contributed by atoms with van der Waals surface area (Å²) < 4.78 is 1.78. The van der Waals surface area contributed by atoms with E-state index in [-0.39, 0.29) is 0 Å². The lowest BCUT2D eigenvalue weighted by molar-refractivity contribution is 0.399. The average Bonchev–Trinajstić information content (AvgIpc) is 2.95. The summed E-state index contributed by atoms with van der Waals surface area (Å²) in [6.45, 7) is 1.17. The van der Waals surface area contributed by atoms with Crippen LogP contribution < -0.4 is 5.32 Å². The minimum Gasteiger partial charge on any atom is -0.314 e. The lowest BCUT2D eigenvalue weighted by Crippen LogP contribution is -2.35. The van der Waals surface area contributed by atoms with E-state index in [0.717, 1.165) is 12.1 Å². The molecule has 4 heteroatoms. The Morgan fingerprint density at radius 3 is 2.78 bits per heavy atom. The van der Waals surface area contributed by atoms with Gasteiger partial charge in [0.2, 0.25) is 0 Å². The van der Waals surface area contributed by atoms with Gasteiger partial charge in [0.05, 0.1) is 5.69 Å². The third-order valence-electron chi connectivity index (χ3n) is 3.51. The smallest absolute Gasteiger partial charge is 0.138 e. The molecule has 1 unspecified atom stereocenters. The van der Waals surface area contributed by atoms with Crippen molar-refractivity contribution in [1.82, 2.24) is 20.1 Å². The maximum Gasteiger partial charge on any atom is 0.138 e. The van der Waals surface area contributed by atoms with Gasteiger partial charge in [-0.15, -0.1) is 0 Å². The first kappa shape index (κ1) is 11.4. The van der Waals surface area contributed by atoms with Crippen LogP contribution in [0.25, 0.3) is 5.69 Å². The van der Waals surface area contributed by atoms with Crippen molar-refractivity contribution < 1.29 is 0 Å². The number of nitrogens with one attached hydrogen (secondary N) is 1. The monoisotopic (exact) mass is 242 g/mol. The third-order valence-corrected chi connectivity index (χ3v) is 3.51. The van der Waals surface area contributed by atoms with Crippen LogP contribution in [0.2, 0.25) is 0 Å². The highest BCUT2D eigenvalue weighted by molar-refractivity contribution is 5.33. The zero-order valence-electron chi connectivity index (χ0n) is 10.4. The fourth-order valence-electron chi connectivity index (χ4n) is 2.51. The second-order valence-corrected chi connectivity index (χ2v) is 4.86. The highest BCUT2D eigenvalue weighted by Crippen LogP contribution is 2.14. The Morgan fingerprint density at radius 2 is 2.11 bits per heavy atom. The number of aromatic nitrogens is 3. The molecule has 3 rings (SSSR count). The molecular formula is C14H18N4.